The lowest BCUT2D eigenvalue weighted by atomic mass is 9.97. The number of hydrogen-bond acceptors (Lipinski definition) is 2. The molecule has 0 spiro atoms. The van der Waals surface area contributed by atoms with Crippen molar-refractivity contribution in [2.75, 3.05) is 0 Å². The van der Waals surface area contributed by atoms with Crippen molar-refractivity contribution in [2.45, 2.75) is 51.9 Å². The van der Waals surface area contributed by atoms with E-state index in [9.17, 15) is 14.7 Å². The fourth-order valence-corrected chi connectivity index (χ4v) is 4.92. The first-order chi connectivity index (χ1) is 13.2. The topological polar surface area (TPSA) is 59.3 Å². The van der Waals surface area contributed by atoms with Gasteiger partial charge in [0, 0.05) is 31.7 Å². The van der Waals surface area contributed by atoms with E-state index in [-0.39, 0.29) is 5.78 Å². The lowest BCUT2D eigenvalue weighted by molar-refractivity contribution is -0.139. The van der Waals surface area contributed by atoms with Gasteiger partial charge in [-0.2, -0.15) is 0 Å². The number of nitrogens with zero attached hydrogens (tertiary/aromatic N) is 1. The average molecular weight is 578 g/mol. The van der Waals surface area contributed by atoms with Crippen LogP contribution in [-0.2, 0) is 11.8 Å². The van der Waals surface area contributed by atoms with Gasteiger partial charge < -0.3 is 9.67 Å². The van der Waals surface area contributed by atoms with Gasteiger partial charge in [0.2, 0.25) is 5.78 Å². The quantitative estimate of drug-likeness (QED) is 0.198. The molecule has 1 atom stereocenters. The predicted molar refractivity (Wildman–Crippen MR) is 122 cm³/mol. The molecule has 4 nitrogen and oxygen atoms in total. The van der Waals surface area contributed by atoms with Crippen LogP contribution in [0, 0.1) is 6.92 Å². The highest BCUT2D eigenvalue weighted by Gasteiger charge is 2.28. The molecule has 2 aromatic rings. The van der Waals surface area contributed by atoms with Gasteiger partial charge in [0.25, 0.3) is 0 Å². The third-order valence-corrected chi connectivity index (χ3v) is 8.33. The molecular weight excluding hydrogens is 554 g/mol. The maximum absolute atomic E-state index is 13.2. The SMILES string of the molecule is CCCCCCC(C(=O)O)c1cc(C)c(C(=O)c2ccc(Br)c(Br)c2Br)n1C. The molecule has 0 aliphatic carbocycles. The second-order valence-corrected chi connectivity index (χ2v) is 9.39. The van der Waals surface area contributed by atoms with Crippen LogP contribution >= 0.6 is 47.8 Å². The molecule has 152 valence electrons. The minimum atomic E-state index is -0.844. The molecule has 0 aliphatic rings. The molecule has 7 heteroatoms. The van der Waals surface area contributed by atoms with Crippen molar-refractivity contribution >= 4 is 59.5 Å². The molecule has 0 saturated heterocycles. The Morgan fingerprint density at radius 1 is 1.11 bits per heavy atom. The molecule has 0 fully saturated rings. The van der Waals surface area contributed by atoms with Gasteiger partial charge in [-0.05, 0) is 84.9 Å². The van der Waals surface area contributed by atoms with E-state index in [1.807, 2.05) is 19.1 Å². The first kappa shape index (κ1) is 23.4. The number of aliphatic carboxylic acids is 1. The van der Waals surface area contributed by atoms with Crippen molar-refractivity contribution in [1.29, 1.82) is 0 Å². The zero-order valence-corrected chi connectivity index (χ0v) is 20.9. The number of carboxylic acid groups (broad SMARTS) is 1. The molecule has 1 N–H and O–H groups in total. The van der Waals surface area contributed by atoms with Gasteiger partial charge in [-0.15, -0.1) is 0 Å². The maximum Gasteiger partial charge on any atom is 0.312 e. The molecule has 2 rings (SSSR count). The highest BCUT2D eigenvalue weighted by Crippen LogP contribution is 2.36. The maximum atomic E-state index is 13.2. The Morgan fingerprint density at radius 3 is 2.39 bits per heavy atom. The third kappa shape index (κ3) is 4.97. The number of halogens is 3. The first-order valence-electron chi connectivity index (χ1n) is 9.27. The van der Waals surface area contributed by atoms with Crippen molar-refractivity contribution in [3.63, 3.8) is 0 Å². The summed E-state index contributed by atoms with van der Waals surface area (Å²) < 4.78 is 4.03. The van der Waals surface area contributed by atoms with Crippen molar-refractivity contribution < 1.29 is 14.7 Å². The molecule has 0 saturated carbocycles. The largest absolute Gasteiger partial charge is 0.481 e. The van der Waals surface area contributed by atoms with Crippen LogP contribution in [0.4, 0.5) is 0 Å². The fraction of sp³-hybridized carbons (Fsp3) is 0.429. The number of aryl methyl sites for hydroxylation is 1. The van der Waals surface area contributed by atoms with Crippen LogP contribution in [0.5, 0.6) is 0 Å². The van der Waals surface area contributed by atoms with Crippen molar-refractivity contribution in [2.24, 2.45) is 7.05 Å². The second kappa shape index (κ2) is 10.2. The van der Waals surface area contributed by atoms with Crippen molar-refractivity contribution in [3.05, 3.63) is 54.1 Å². The predicted octanol–water partition coefficient (Wildman–Crippen LogP) is 6.99. The van der Waals surface area contributed by atoms with Crippen LogP contribution in [0.1, 0.15) is 72.3 Å². The fourth-order valence-electron chi connectivity index (χ4n) is 3.45. The normalized spacial score (nSPS) is 12.2. The molecule has 0 amide bonds. The number of benzene rings is 1. The smallest absolute Gasteiger partial charge is 0.312 e. The molecule has 28 heavy (non-hydrogen) atoms. The minimum Gasteiger partial charge on any atom is -0.481 e. The number of carboxylic acids is 1. The van der Waals surface area contributed by atoms with E-state index in [0.717, 1.165) is 40.2 Å². The van der Waals surface area contributed by atoms with E-state index >= 15 is 0 Å². The van der Waals surface area contributed by atoms with E-state index in [4.69, 9.17) is 0 Å². The molecule has 0 aliphatic heterocycles. The van der Waals surface area contributed by atoms with Gasteiger partial charge >= 0.3 is 5.97 Å². The minimum absolute atomic E-state index is 0.138. The van der Waals surface area contributed by atoms with Gasteiger partial charge in [0.15, 0.2) is 0 Å². The molecule has 1 heterocycles. The average Bonchev–Trinajstić information content (AvgIpc) is 2.93. The summed E-state index contributed by atoms with van der Waals surface area (Å²) in [6.07, 6.45) is 4.68. The first-order valence-corrected chi connectivity index (χ1v) is 11.7. The summed E-state index contributed by atoms with van der Waals surface area (Å²) in [7, 11) is 1.78. The standard InChI is InChI=1S/C21H24Br3NO3/c1-4-5-6-7-8-13(21(27)28)16-11-12(2)19(25(16)3)20(26)14-9-10-15(22)18(24)17(14)23/h9-11,13H,4-8H2,1-3H3,(H,27,28). The van der Waals surface area contributed by atoms with E-state index in [1.165, 1.54) is 0 Å². The summed E-state index contributed by atoms with van der Waals surface area (Å²) in [6.45, 7) is 3.99. The lowest BCUT2D eigenvalue weighted by Crippen LogP contribution is -2.17. The number of ketones is 1. The van der Waals surface area contributed by atoms with Gasteiger partial charge in [-0.1, -0.05) is 32.6 Å². The Balaban J connectivity index is 2.40. The number of carbonyl (C=O) groups is 2. The Labute approximate surface area is 191 Å². The summed E-state index contributed by atoms with van der Waals surface area (Å²) >= 11 is 10.4. The van der Waals surface area contributed by atoms with Gasteiger partial charge in [-0.25, -0.2) is 0 Å². The number of unbranched alkanes of at least 4 members (excludes halogenated alkanes) is 3. The Hall–Kier alpha value is -0.920. The lowest BCUT2D eigenvalue weighted by Gasteiger charge is -2.15. The Morgan fingerprint density at radius 2 is 1.79 bits per heavy atom. The van der Waals surface area contributed by atoms with Crippen molar-refractivity contribution in [3.8, 4) is 0 Å². The van der Waals surface area contributed by atoms with E-state index in [2.05, 4.69) is 54.7 Å². The van der Waals surface area contributed by atoms with Crippen LogP contribution in [0.2, 0.25) is 0 Å². The molecule has 1 aromatic heterocycles. The highest BCUT2D eigenvalue weighted by atomic mass is 79.9. The van der Waals surface area contributed by atoms with Gasteiger partial charge in [-0.3, -0.25) is 9.59 Å². The van der Waals surface area contributed by atoms with Crippen molar-refractivity contribution in [1.82, 2.24) is 4.57 Å². The summed E-state index contributed by atoms with van der Waals surface area (Å²) in [5.41, 5.74) is 2.51. The molecule has 1 aromatic carbocycles. The van der Waals surface area contributed by atoms with E-state index in [1.54, 1.807) is 17.7 Å². The van der Waals surface area contributed by atoms with Crippen LogP contribution in [0.25, 0.3) is 0 Å². The van der Waals surface area contributed by atoms with Gasteiger partial charge in [0.05, 0.1) is 11.6 Å². The van der Waals surface area contributed by atoms with E-state index < -0.39 is 11.9 Å². The summed E-state index contributed by atoms with van der Waals surface area (Å²) in [5, 5.41) is 9.76. The summed E-state index contributed by atoms with van der Waals surface area (Å²) in [5.74, 6) is -1.59. The van der Waals surface area contributed by atoms with E-state index in [0.29, 0.717) is 27.8 Å². The van der Waals surface area contributed by atoms with Gasteiger partial charge in [0.1, 0.15) is 0 Å². The molecular formula is C21H24Br3NO3. The van der Waals surface area contributed by atoms with Crippen LogP contribution < -0.4 is 0 Å². The Kier molecular flexibility index (Phi) is 8.52. The summed E-state index contributed by atoms with van der Waals surface area (Å²) in [6, 6.07) is 5.41. The highest BCUT2D eigenvalue weighted by molar-refractivity contribution is 9.14. The Bertz CT molecular complexity index is 890. The zero-order chi connectivity index (χ0) is 21.0. The molecule has 1 unspecified atom stereocenters. The van der Waals surface area contributed by atoms with Crippen LogP contribution in [0.3, 0.4) is 0 Å². The number of carbonyl (C=O) groups excluding carboxylic acids is 1. The summed E-state index contributed by atoms with van der Waals surface area (Å²) in [4.78, 5) is 25.1. The molecule has 0 bridgehead atoms. The third-order valence-electron chi connectivity index (χ3n) is 4.96. The number of aromatic nitrogens is 1. The number of rotatable bonds is 9. The molecule has 0 radical (unpaired) electrons. The zero-order valence-electron chi connectivity index (χ0n) is 16.2. The van der Waals surface area contributed by atoms with Crippen LogP contribution in [0.15, 0.2) is 31.6 Å². The number of hydrogen-bond donors (Lipinski definition) is 1. The second-order valence-electron chi connectivity index (χ2n) is 6.95. The van der Waals surface area contributed by atoms with Crippen LogP contribution in [-0.4, -0.2) is 21.4 Å². The monoisotopic (exact) mass is 575 g/mol.